The molecule has 0 atom stereocenters. The van der Waals surface area contributed by atoms with Gasteiger partial charge in [-0.2, -0.15) is 5.21 Å². The molecule has 2 rings (SSSR count). The van der Waals surface area contributed by atoms with Gasteiger partial charge in [0.05, 0.1) is 18.6 Å². The second-order valence-electron chi connectivity index (χ2n) is 3.78. The number of tetrazole rings is 1. The standard InChI is InChI=1S/C10H13N5O3S/c1-7-5-8(18-2)3-4-9(7)19(16,17)11-6-10-12-14-15-13-10/h3-5,11H,6H2,1-2H3,(H,12,13,14,15). The number of sulfonamides is 1. The highest BCUT2D eigenvalue weighted by atomic mass is 32.2. The Morgan fingerprint density at radius 1 is 1.42 bits per heavy atom. The van der Waals surface area contributed by atoms with Gasteiger partial charge in [0.2, 0.25) is 10.0 Å². The zero-order valence-electron chi connectivity index (χ0n) is 10.4. The lowest BCUT2D eigenvalue weighted by Gasteiger charge is -2.09. The van der Waals surface area contributed by atoms with Crippen molar-refractivity contribution in [3.63, 3.8) is 0 Å². The molecule has 0 amide bonds. The van der Waals surface area contributed by atoms with Crippen molar-refractivity contribution in [1.29, 1.82) is 0 Å². The van der Waals surface area contributed by atoms with Crippen molar-refractivity contribution in [3.05, 3.63) is 29.6 Å². The predicted molar refractivity (Wildman–Crippen MR) is 65.9 cm³/mol. The summed E-state index contributed by atoms with van der Waals surface area (Å²) in [5.74, 6) is 0.879. The Morgan fingerprint density at radius 3 is 2.79 bits per heavy atom. The van der Waals surface area contributed by atoms with Crippen LogP contribution in [0.1, 0.15) is 11.4 Å². The van der Waals surface area contributed by atoms with Crippen LogP contribution in [0.25, 0.3) is 0 Å². The highest BCUT2D eigenvalue weighted by Gasteiger charge is 2.17. The summed E-state index contributed by atoms with van der Waals surface area (Å²) in [4.78, 5) is 0.191. The topological polar surface area (TPSA) is 110 Å². The van der Waals surface area contributed by atoms with Crippen molar-refractivity contribution in [2.24, 2.45) is 0 Å². The van der Waals surface area contributed by atoms with E-state index in [1.807, 2.05) is 0 Å². The SMILES string of the molecule is COc1ccc(S(=O)(=O)NCc2nn[nH]n2)c(C)c1. The lowest BCUT2D eigenvalue weighted by molar-refractivity contribution is 0.414. The van der Waals surface area contributed by atoms with E-state index in [0.29, 0.717) is 11.3 Å². The summed E-state index contributed by atoms with van der Waals surface area (Å²) in [6.45, 7) is 1.68. The van der Waals surface area contributed by atoms with Gasteiger partial charge in [-0.1, -0.05) is 5.21 Å². The minimum absolute atomic E-state index is 0.0235. The Labute approximate surface area is 110 Å². The highest BCUT2D eigenvalue weighted by Crippen LogP contribution is 2.20. The molecule has 0 radical (unpaired) electrons. The van der Waals surface area contributed by atoms with E-state index in [-0.39, 0.29) is 17.3 Å². The predicted octanol–water partition coefficient (Wildman–Crippen LogP) is -0.00478. The maximum absolute atomic E-state index is 12.1. The first-order chi connectivity index (χ1) is 9.03. The van der Waals surface area contributed by atoms with Crippen LogP contribution >= 0.6 is 0 Å². The summed E-state index contributed by atoms with van der Waals surface area (Å²) < 4.78 is 31.7. The molecule has 0 bridgehead atoms. The van der Waals surface area contributed by atoms with E-state index < -0.39 is 10.0 Å². The number of aromatic nitrogens is 4. The molecule has 8 nitrogen and oxygen atoms in total. The van der Waals surface area contributed by atoms with E-state index in [2.05, 4.69) is 25.3 Å². The summed E-state index contributed by atoms with van der Waals surface area (Å²) in [5, 5.41) is 12.9. The summed E-state index contributed by atoms with van der Waals surface area (Å²) in [5.41, 5.74) is 0.597. The van der Waals surface area contributed by atoms with Crippen LogP contribution in [0.5, 0.6) is 5.75 Å². The highest BCUT2D eigenvalue weighted by molar-refractivity contribution is 7.89. The number of H-pyrrole nitrogens is 1. The van der Waals surface area contributed by atoms with Crippen LogP contribution in [-0.4, -0.2) is 36.2 Å². The number of hydrogen-bond donors (Lipinski definition) is 2. The van der Waals surface area contributed by atoms with E-state index in [4.69, 9.17) is 4.74 Å². The maximum atomic E-state index is 12.1. The molecular weight excluding hydrogens is 270 g/mol. The van der Waals surface area contributed by atoms with Crippen molar-refractivity contribution >= 4 is 10.0 Å². The quantitative estimate of drug-likeness (QED) is 0.799. The van der Waals surface area contributed by atoms with E-state index >= 15 is 0 Å². The first-order valence-corrected chi connectivity index (χ1v) is 6.88. The molecule has 0 aliphatic heterocycles. The molecular formula is C10H13N5O3S. The zero-order chi connectivity index (χ0) is 13.9. The third-order valence-corrected chi connectivity index (χ3v) is 4.04. The van der Waals surface area contributed by atoms with E-state index in [9.17, 15) is 8.42 Å². The largest absolute Gasteiger partial charge is 0.497 e. The summed E-state index contributed by atoms with van der Waals surface area (Å²) in [6.07, 6.45) is 0. The monoisotopic (exact) mass is 283 g/mol. The molecule has 0 spiro atoms. The number of ether oxygens (including phenoxy) is 1. The molecule has 102 valence electrons. The van der Waals surface area contributed by atoms with Gasteiger partial charge >= 0.3 is 0 Å². The average Bonchev–Trinajstić information content (AvgIpc) is 2.89. The van der Waals surface area contributed by atoms with Crippen LogP contribution in [-0.2, 0) is 16.6 Å². The first-order valence-electron chi connectivity index (χ1n) is 5.39. The molecule has 9 heteroatoms. The Morgan fingerprint density at radius 2 is 2.21 bits per heavy atom. The number of aryl methyl sites for hydroxylation is 1. The van der Waals surface area contributed by atoms with Gasteiger partial charge in [-0.05, 0) is 30.7 Å². The minimum Gasteiger partial charge on any atom is -0.497 e. The van der Waals surface area contributed by atoms with E-state index in [1.54, 1.807) is 19.1 Å². The molecule has 0 fully saturated rings. The van der Waals surface area contributed by atoms with Crippen molar-refractivity contribution < 1.29 is 13.2 Å². The zero-order valence-corrected chi connectivity index (χ0v) is 11.2. The van der Waals surface area contributed by atoms with Crippen LogP contribution in [0, 0.1) is 6.92 Å². The number of nitrogens with one attached hydrogen (secondary N) is 2. The van der Waals surface area contributed by atoms with Crippen LogP contribution in [0.15, 0.2) is 23.1 Å². The maximum Gasteiger partial charge on any atom is 0.241 e. The van der Waals surface area contributed by atoms with Crippen molar-refractivity contribution in [2.45, 2.75) is 18.4 Å². The molecule has 0 saturated carbocycles. The molecule has 0 aliphatic carbocycles. The van der Waals surface area contributed by atoms with Crippen LogP contribution in [0.4, 0.5) is 0 Å². The van der Waals surface area contributed by atoms with Gasteiger partial charge < -0.3 is 4.74 Å². The molecule has 0 unspecified atom stereocenters. The van der Waals surface area contributed by atoms with Gasteiger partial charge in [0.15, 0.2) is 5.82 Å². The van der Waals surface area contributed by atoms with Gasteiger partial charge in [-0.15, -0.1) is 10.2 Å². The Balaban J connectivity index is 2.19. The second-order valence-corrected chi connectivity index (χ2v) is 5.52. The summed E-state index contributed by atoms with van der Waals surface area (Å²) in [7, 11) is -2.09. The van der Waals surface area contributed by atoms with Crippen molar-refractivity contribution in [2.75, 3.05) is 7.11 Å². The summed E-state index contributed by atoms with van der Waals surface area (Å²) >= 11 is 0. The molecule has 0 aliphatic rings. The van der Waals surface area contributed by atoms with E-state index in [0.717, 1.165) is 0 Å². The molecule has 1 aromatic heterocycles. The Hall–Kier alpha value is -2.00. The second kappa shape index (κ2) is 5.33. The van der Waals surface area contributed by atoms with Gasteiger partial charge in [-0.25, -0.2) is 13.1 Å². The number of benzene rings is 1. The third kappa shape index (κ3) is 3.06. The molecule has 2 N–H and O–H groups in total. The molecule has 1 heterocycles. The smallest absolute Gasteiger partial charge is 0.241 e. The molecule has 19 heavy (non-hydrogen) atoms. The fraction of sp³-hybridized carbons (Fsp3) is 0.300. The van der Waals surface area contributed by atoms with Crippen molar-refractivity contribution in [3.8, 4) is 5.75 Å². The number of methoxy groups -OCH3 is 1. The summed E-state index contributed by atoms with van der Waals surface area (Å²) in [6, 6.07) is 4.74. The normalized spacial score (nSPS) is 11.5. The van der Waals surface area contributed by atoms with Crippen LogP contribution < -0.4 is 9.46 Å². The Kier molecular flexibility index (Phi) is 3.76. The number of nitrogens with zero attached hydrogens (tertiary/aromatic N) is 3. The third-order valence-electron chi connectivity index (χ3n) is 2.48. The van der Waals surface area contributed by atoms with E-state index in [1.165, 1.54) is 13.2 Å². The van der Waals surface area contributed by atoms with Gasteiger partial charge in [-0.3, -0.25) is 0 Å². The fourth-order valence-electron chi connectivity index (χ4n) is 1.55. The number of aromatic amines is 1. The van der Waals surface area contributed by atoms with Gasteiger partial charge in [0.1, 0.15) is 5.75 Å². The van der Waals surface area contributed by atoms with Gasteiger partial charge in [0.25, 0.3) is 0 Å². The lowest BCUT2D eigenvalue weighted by Crippen LogP contribution is -2.24. The lowest BCUT2D eigenvalue weighted by atomic mass is 10.2. The Bertz CT molecular complexity index is 654. The van der Waals surface area contributed by atoms with Gasteiger partial charge in [0, 0.05) is 0 Å². The first kappa shape index (κ1) is 13.4. The van der Waals surface area contributed by atoms with Crippen molar-refractivity contribution in [1.82, 2.24) is 25.3 Å². The average molecular weight is 283 g/mol. The van der Waals surface area contributed by atoms with Crippen LogP contribution in [0.2, 0.25) is 0 Å². The number of hydrogen-bond acceptors (Lipinski definition) is 6. The minimum atomic E-state index is -3.62. The fourth-order valence-corrected chi connectivity index (χ4v) is 2.75. The molecule has 0 saturated heterocycles. The molecule has 1 aromatic carbocycles. The number of rotatable bonds is 5. The van der Waals surface area contributed by atoms with Crippen LogP contribution in [0.3, 0.4) is 0 Å². The molecule has 2 aromatic rings.